The molecule has 0 saturated carbocycles. The molecule has 0 aromatic heterocycles. The van der Waals surface area contributed by atoms with Gasteiger partial charge in [0.25, 0.3) is 0 Å². The Balaban J connectivity index is -0.000000439. The lowest BCUT2D eigenvalue weighted by molar-refractivity contribution is 0.871. The van der Waals surface area contributed by atoms with Gasteiger partial charge in [-0.1, -0.05) is 66.0 Å². The Morgan fingerprint density at radius 2 is 1.47 bits per heavy atom. The van der Waals surface area contributed by atoms with Crippen molar-refractivity contribution in [3.8, 4) is 0 Å². The highest BCUT2D eigenvalue weighted by molar-refractivity contribution is 5.37. The maximum atomic E-state index is 4.09. The maximum Gasteiger partial charge on any atom is -0.00137 e. The van der Waals surface area contributed by atoms with Crippen LogP contribution in [0.4, 0.5) is 0 Å². The fourth-order valence-corrected chi connectivity index (χ4v) is 1.15. The quantitative estimate of drug-likeness (QED) is 0.395. The molecule has 0 bridgehead atoms. The molecule has 100 valence electrons. The average molecular weight is 236 g/mol. The molecule has 0 saturated heterocycles. The molecule has 0 heteroatoms. The minimum Gasteiger partial charge on any atom is -0.0988 e. The first-order valence-corrected chi connectivity index (χ1v) is 6.66. The molecule has 17 heavy (non-hydrogen) atoms. The fraction of sp³-hybridized carbons (Fsp3) is 0.529. The molecule has 0 rings (SSSR count). The summed E-state index contributed by atoms with van der Waals surface area (Å²) in [5.74, 6) is 0.417. The van der Waals surface area contributed by atoms with E-state index in [2.05, 4.69) is 46.1 Å². The van der Waals surface area contributed by atoms with E-state index in [1.54, 1.807) is 0 Å². The first-order chi connectivity index (χ1) is 8.04. The summed E-state index contributed by atoms with van der Waals surface area (Å²) in [6, 6.07) is 0. The second kappa shape index (κ2) is 15.0. The van der Waals surface area contributed by atoms with Crippen LogP contribution in [0.25, 0.3) is 0 Å². The molecule has 0 heterocycles. The van der Waals surface area contributed by atoms with Crippen molar-refractivity contribution in [2.24, 2.45) is 5.92 Å². The topological polar surface area (TPSA) is 0 Å². The predicted molar refractivity (Wildman–Crippen MR) is 84.4 cm³/mol. The molecule has 0 aromatic rings. The van der Waals surface area contributed by atoms with E-state index in [1.807, 2.05) is 40.7 Å². The van der Waals surface area contributed by atoms with Gasteiger partial charge < -0.3 is 0 Å². The zero-order valence-electron chi connectivity index (χ0n) is 13.2. The monoisotopic (exact) mass is 236 g/mol. The molecule has 0 amide bonds. The van der Waals surface area contributed by atoms with Crippen LogP contribution < -0.4 is 0 Å². The zero-order chi connectivity index (χ0) is 14.4. The summed E-state index contributed by atoms with van der Waals surface area (Å²) in [5.41, 5.74) is 3.64. The molecule has 0 radical (unpaired) electrons. The van der Waals surface area contributed by atoms with E-state index in [0.717, 1.165) is 0 Å². The van der Waals surface area contributed by atoms with Gasteiger partial charge in [0, 0.05) is 0 Å². The van der Waals surface area contributed by atoms with E-state index in [-0.39, 0.29) is 0 Å². The summed E-state index contributed by atoms with van der Waals surface area (Å²) in [6.07, 6.45) is 6.09. The summed E-state index contributed by atoms with van der Waals surface area (Å²) in [4.78, 5) is 0. The molecule has 0 fully saturated rings. The third kappa shape index (κ3) is 9.86. The van der Waals surface area contributed by atoms with E-state index in [4.69, 9.17) is 0 Å². The van der Waals surface area contributed by atoms with Crippen LogP contribution in [-0.2, 0) is 0 Å². The van der Waals surface area contributed by atoms with Gasteiger partial charge in [-0.25, -0.2) is 0 Å². The van der Waals surface area contributed by atoms with Crippen molar-refractivity contribution in [3.63, 3.8) is 0 Å². The molecular weight excluding hydrogens is 204 g/mol. The molecule has 0 nitrogen and oxygen atoms in total. The van der Waals surface area contributed by atoms with Crippen molar-refractivity contribution < 1.29 is 0 Å². The van der Waals surface area contributed by atoms with E-state index < -0.39 is 0 Å². The van der Waals surface area contributed by atoms with Crippen LogP contribution in [0.5, 0.6) is 0 Å². The van der Waals surface area contributed by atoms with Crippen LogP contribution in [0.15, 0.2) is 48.1 Å². The Hall–Kier alpha value is -1.04. The van der Waals surface area contributed by atoms with E-state index in [9.17, 15) is 0 Å². The number of hydrogen-bond donors (Lipinski definition) is 0. The normalized spacial score (nSPS) is 12.5. The summed E-state index contributed by atoms with van der Waals surface area (Å²) in [6.45, 7) is 24.2. The van der Waals surface area contributed by atoms with Gasteiger partial charge in [-0.15, -0.1) is 0 Å². The smallest absolute Gasteiger partial charge is 0.00137 e. The van der Waals surface area contributed by atoms with Crippen molar-refractivity contribution in [2.75, 3.05) is 0 Å². The lowest BCUT2D eigenvalue weighted by Gasteiger charge is -2.12. The Bertz CT molecular complexity index is 251. The summed E-state index contributed by atoms with van der Waals surface area (Å²) >= 11 is 0. The van der Waals surface area contributed by atoms with Crippen LogP contribution in [0.1, 0.15) is 55.4 Å². The Kier molecular flexibility index (Phi) is 18.7. The minimum atomic E-state index is 0.417. The Morgan fingerprint density at radius 3 is 1.76 bits per heavy atom. The largest absolute Gasteiger partial charge is 0.0988 e. The summed E-state index contributed by atoms with van der Waals surface area (Å²) in [5, 5.41) is 0. The first kappa shape index (κ1) is 21.3. The highest BCUT2D eigenvalue weighted by Crippen LogP contribution is 2.21. The molecule has 0 spiro atoms. The van der Waals surface area contributed by atoms with Gasteiger partial charge in [-0.05, 0) is 43.4 Å². The molecule has 1 atom stereocenters. The fourth-order valence-electron chi connectivity index (χ4n) is 1.15. The van der Waals surface area contributed by atoms with Gasteiger partial charge in [-0.2, -0.15) is 0 Å². The molecule has 0 aliphatic rings. The van der Waals surface area contributed by atoms with Crippen molar-refractivity contribution in [1.29, 1.82) is 0 Å². The lowest BCUT2D eigenvalue weighted by atomic mass is 9.93. The van der Waals surface area contributed by atoms with Crippen LogP contribution in [0, 0.1) is 5.92 Å². The Morgan fingerprint density at radius 1 is 1.06 bits per heavy atom. The van der Waals surface area contributed by atoms with Gasteiger partial charge in [0.15, 0.2) is 0 Å². The second-order valence-corrected chi connectivity index (χ2v) is 3.35. The highest BCUT2D eigenvalue weighted by Gasteiger charge is 2.05. The maximum absolute atomic E-state index is 4.09. The molecule has 0 aliphatic heterocycles. The van der Waals surface area contributed by atoms with Crippen molar-refractivity contribution in [1.82, 2.24) is 0 Å². The van der Waals surface area contributed by atoms with Gasteiger partial charge in [0.05, 0.1) is 0 Å². The Labute approximate surface area is 110 Å². The van der Waals surface area contributed by atoms with E-state index in [1.165, 1.54) is 16.7 Å². The second-order valence-electron chi connectivity index (χ2n) is 3.35. The third-order valence-corrected chi connectivity index (χ3v) is 2.41. The van der Waals surface area contributed by atoms with E-state index >= 15 is 0 Å². The SMILES string of the molecule is C=C/C(C)=C(/C)C(=C)C(C)/C=C\C.CC.CC. The summed E-state index contributed by atoms with van der Waals surface area (Å²) < 4.78 is 0. The van der Waals surface area contributed by atoms with Crippen LogP contribution in [-0.4, -0.2) is 0 Å². The molecule has 1 unspecified atom stereocenters. The van der Waals surface area contributed by atoms with E-state index in [0.29, 0.717) is 5.92 Å². The van der Waals surface area contributed by atoms with Crippen LogP contribution >= 0.6 is 0 Å². The molecular formula is C17H32. The van der Waals surface area contributed by atoms with Crippen LogP contribution in [0.2, 0.25) is 0 Å². The third-order valence-electron chi connectivity index (χ3n) is 2.41. The van der Waals surface area contributed by atoms with Gasteiger partial charge in [0.2, 0.25) is 0 Å². The minimum absolute atomic E-state index is 0.417. The molecule has 0 aromatic carbocycles. The van der Waals surface area contributed by atoms with Crippen molar-refractivity contribution in [3.05, 3.63) is 48.1 Å². The molecule has 0 aliphatic carbocycles. The average Bonchev–Trinajstić information content (AvgIpc) is 2.40. The number of allylic oxidation sites excluding steroid dienone is 6. The predicted octanol–water partition coefficient (Wildman–Crippen LogP) is 6.33. The highest BCUT2D eigenvalue weighted by atomic mass is 14.1. The first-order valence-electron chi connectivity index (χ1n) is 6.66. The summed E-state index contributed by atoms with van der Waals surface area (Å²) in [7, 11) is 0. The number of hydrogen-bond acceptors (Lipinski definition) is 0. The van der Waals surface area contributed by atoms with Crippen molar-refractivity contribution in [2.45, 2.75) is 55.4 Å². The van der Waals surface area contributed by atoms with Gasteiger partial charge in [-0.3, -0.25) is 0 Å². The van der Waals surface area contributed by atoms with Gasteiger partial charge >= 0.3 is 0 Å². The zero-order valence-corrected chi connectivity index (χ0v) is 13.2. The van der Waals surface area contributed by atoms with Crippen LogP contribution in [0.3, 0.4) is 0 Å². The van der Waals surface area contributed by atoms with Gasteiger partial charge in [0.1, 0.15) is 0 Å². The lowest BCUT2D eigenvalue weighted by Crippen LogP contribution is -1.97. The standard InChI is InChI=1S/C13H20.2C2H6/c1-7-9-11(4)13(6)12(5)10(3)8-2;2*1-2/h7-9,11H,2,6H2,1,3-5H3;2*1-2H3/b9-7-,12-10-;;. The number of rotatable bonds is 4. The molecule has 0 N–H and O–H groups in total. The van der Waals surface area contributed by atoms with Crippen molar-refractivity contribution >= 4 is 0 Å².